The minimum Gasteiger partial charge on any atom is -0.386 e. The highest BCUT2D eigenvalue weighted by molar-refractivity contribution is 8.14. The molecule has 1 heterocycles. The SMILES string of the molecule is CCC(F)(F)C(O)CC1=N[CH]CS1. The number of aliphatic hydroxyl groups is 1. The average molecular weight is 208 g/mol. The van der Waals surface area contributed by atoms with E-state index in [-0.39, 0.29) is 12.8 Å². The molecule has 1 N–H and O–H groups in total. The van der Waals surface area contributed by atoms with Crippen molar-refractivity contribution in [1.29, 1.82) is 0 Å². The molecule has 75 valence electrons. The number of aliphatic hydroxyl groups excluding tert-OH is 1. The molecule has 0 aliphatic carbocycles. The van der Waals surface area contributed by atoms with Gasteiger partial charge in [-0.1, -0.05) is 6.92 Å². The third-order valence-corrected chi connectivity index (χ3v) is 2.81. The summed E-state index contributed by atoms with van der Waals surface area (Å²) in [6, 6.07) is 0. The molecule has 1 aliphatic rings. The van der Waals surface area contributed by atoms with Crippen molar-refractivity contribution in [3.63, 3.8) is 0 Å². The van der Waals surface area contributed by atoms with Gasteiger partial charge in [0.1, 0.15) is 6.10 Å². The van der Waals surface area contributed by atoms with Crippen molar-refractivity contribution >= 4 is 16.8 Å². The second-order valence-electron chi connectivity index (χ2n) is 2.85. The lowest BCUT2D eigenvalue weighted by atomic mass is 10.1. The second-order valence-corrected chi connectivity index (χ2v) is 3.94. The molecule has 1 rings (SSSR count). The van der Waals surface area contributed by atoms with Gasteiger partial charge in [0.05, 0.1) is 11.6 Å². The van der Waals surface area contributed by atoms with Gasteiger partial charge < -0.3 is 5.11 Å². The van der Waals surface area contributed by atoms with Gasteiger partial charge in [-0.25, -0.2) is 8.78 Å². The Morgan fingerprint density at radius 2 is 2.46 bits per heavy atom. The van der Waals surface area contributed by atoms with E-state index in [0.29, 0.717) is 5.04 Å². The van der Waals surface area contributed by atoms with E-state index >= 15 is 0 Å². The largest absolute Gasteiger partial charge is 0.386 e. The fraction of sp³-hybridized carbons (Fsp3) is 0.750. The van der Waals surface area contributed by atoms with Crippen LogP contribution in [-0.2, 0) is 0 Å². The van der Waals surface area contributed by atoms with Crippen molar-refractivity contribution < 1.29 is 13.9 Å². The minimum atomic E-state index is -2.99. The van der Waals surface area contributed by atoms with E-state index in [9.17, 15) is 13.9 Å². The Morgan fingerprint density at radius 1 is 1.77 bits per heavy atom. The number of nitrogens with zero attached hydrogens (tertiary/aromatic N) is 1. The molecule has 0 saturated heterocycles. The molecule has 0 aromatic carbocycles. The third-order valence-electron chi connectivity index (χ3n) is 1.89. The molecule has 0 aromatic rings. The standard InChI is InChI=1S/C8H12F2NOS/c1-2-8(9,10)6(12)5-7-11-3-4-13-7/h3,6,12H,2,4-5H2,1H3. The summed E-state index contributed by atoms with van der Waals surface area (Å²) in [6.07, 6.45) is -1.98. The maximum atomic E-state index is 12.9. The summed E-state index contributed by atoms with van der Waals surface area (Å²) in [5, 5.41) is 9.78. The maximum Gasteiger partial charge on any atom is 0.273 e. The van der Waals surface area contributed by atoms with Gasteiger partial charge in [0.25, 0.3) is 5.92 Å². The molecular weight excluding hydrogens is 196 g/mol. The number of hydrogen-bond donors (Lipinski definition) is 1. The number of aliphatic imine (C=N–C) groups is 1. The smallest absolute Gasteiger partial charge is 0.273 e. The molecule has 2 nitrogen and oxygen atoms in total. The van der Waals surface area contributed by atoms with E-state index in [1.807, 2.05) is 0 Å². The predicted molar refractivity (Wildman–Crippen MR) is 50.1 cm³/mol. The minimum absolute atomic E-state index is 0.0397. The Hall–Kier alpha value is -0.160. The number of rotatable bonds is 4. The number of thioether (sulfide) groups is 1. The van der Waals surface area contributed by atoms with Crippen LogP contribution in [0.5, 0.6) is 0 Å². The van der Waals surface area contributed by atoms with E-state index in [1.54, 1.807) is 6.54 Å². The van der Waals surface area contributed by atoms with Crippen LogP contribution in [0.3, 0.4) is 0 Å². The first-order valence-corrected chi connectivity index (χ1v) is 5.12. The molecule has 0 saturated carbocycles. The lowest BCUT2D eigenvalue weighted by Gasteiger charge is -2.20. The maximum absolute atomic E-state index is 12.9. The molecule has 1 radical (unpaired) electrons. The summed E-state index contributed by atoms with van der Waals surface area (Å²) < 4.78 is 25.8. The highest BCUT2D eigenvalue weighted by Gasteiger charge is 2.37. The third kappa shape index (κ3) is 2.91. The quantitative estimate of drug-likeness (QED) is 0.767. The zero-order chi connectivity index (χ0) is 9.90. The summed E-state index contributed by atoms with van der Waals surface area (Å²) in [6.45, 7) is 3.02. The molecule has 1 atom stereocenters. The molecule has 1 aliphatic heterocycles. The van der Waals surface area contributed by atoms with Crippen molar-refractivity contribution in [3.05, 3.63) is 6.54 Å². The Balaban J connectivity index is 2.44. The van der Waals surface area contributed by atoms with Crippen LogP contribution in [0, 0.1) is 6.54 Å². The van der Waals surface area contributed by atoms with Crippen LogP contribution in [0.1, 0.15) is 19.8 Å². The topological polar surface area (TPSA) is 32.6 Å². The van der Waals surface area contributed by atoms with E-state index < -0.39 is 12.0 Å². The van der Waals surface area contributed by atoms with Gasteiger partial charge in [0.15, 0.2) is 0 Å². The highest BCUT2D eigenvalue weighted by Crippen LogP contribution is 2.28. The number of halogens is 2. The van der Waals surface area contributed by atoms with E-state index in [0.717, 1.165) is 5.75 Å². The van der Waals surface area contributed by atoms with E-state index in [1.165, 1.54) is 18.7 Å². The molecule has 0 aromatic heterocycles. The van der Waals surface area contributed by atoms with Gasteiger partial charge in [-0.2, -0.15) is 0 Å². The normalized spacial score (nSPS) is 20.2. The lowest BCUT2D eigenvalue weighted by molar-refractivity contribution is -0.106. The summed E-state index contributed by atoms with van der Waals surface area (Å²) >= 11 is 1.40. The summed E-state index contributed by atoms with van der Waals surface area (Å²) in [7, 11) is 0. The second kappa shape index (κ2) is 4.37. The van der Waals surface area contributed by atoms with Crippen LogP contribution in [0.4, 0.5) is 8.78 Å². The molecular formula is C8H12F2NOS. The fourth-order valence-corrected chi connectivity index (χ4v) is 1.74. The summed E-state index contributed by atoms with van der Waals surface area (Å²) in [4.78, 5) is 3.88. The molecule has 0 amide bonds. The fourth-order valence-electron chi connectivity index (χ4n) is 0.972. The van der Waals surface area contributed by atoms with Crippen LogP contribution in [0.2, 0.25) is 0 Å². The van der Waals surface area contributed by atoms with Gasteiger partial charge in [0.2, 0.25) is 0 Å². The van der Waals surface area contributed by atoms with Crippen molar-refractivity contribution in [2.75, 3.05) is 5.75 Å². The Labute approximate surface area is 80.4 Å². The van der Waals surface area contributed by atoms with Crippen LogP contribution in [-0.4, -0.2) is 27.9 Å². The van der Waals surface area contributed by atoms with Crippen molar-refractivity contribution in [1.82, 2.24) is 0 Å². The Kier molecular flexibility index (Phi) is 3.67. The monoisotopic (exact) mass is 208 g/mol. The van der Waals surface area contributed by atoms with Crippen LogP contribution >= 0.6 is 11.8 Å². The Morgan fingerprint density at radius 3 is 2.92 bits per heavy atom. The van der Waals surface area contributed by atoms with Gasteiger partial charge >= 0.3 is 0 Å². The summed E-state index contributed by atoms with van der Waals surface area (Å²) in [5.74, 6) is -2.27. The van der Waals surface area contributed by atoms with Crippen molar-refractivity contribution in [3.8, 4) is 0 Å². The number of alkyl halides is 2. The molecule has 13 heavy (non-hydrogen) atoms. The average Bonchev–Trinajstić information content (AvgIpc) is 2.57. The van der Waals surface area contributed by atoms with Crippen LogP contribution < -0.4 is 0 Å². The zero-order valence-electron chi connectivity index (χ0n) is 7.33. The van der Waals surface area contributed by atoms with Gasteiger partial charge in [-0.15, -0.1) is 11.8 Å². The van der Waals surface area contributed by atoms with Gasteiger partial charge in [-0.05, 0) is 0 Å². The molecule has 0 bridgehead atoms. The highest BCUT2D eigenvalue weighted by atomic mass is 32.2. The molecule has 0 fully saturated rings. The Bertz CT molecular complexity index is 208. The zero-order valence-corrected chi connectivity index (χ0v) is 8.15. The number of hydrogen-bond acceptors (Lipinski definition) is 3. The first-order valence-electron chi connectivity index (χ1n) is 4.13. The van der Waals surface area contributed by atoms with Crippen molar-refractivity contribution in [2.45, 2.75) is 31.8 Å². The first-order chi connectivity index (χ1) is 6.06. The molecule has 0 spiro atoms. The first kappa shape index (κ1) is 10.9. The van der Waals surface area contributed by atoms with Crippen LogP contribution in [0.15, 0.2) is 4.99 Å². The van der Waals surface area contributed by atoms with E-state index in [2.05, 4.69) is 4.99 Å². The van der Waals surface area contributed by atoms with Crippen molar-refractivity contribution in [2.24, 2.45) is 4.99 Å². The summed E-state index contributed by atoms with van der Waals surface area (Å²) in [5.41, 5.74) is 0. The lowest BCUT2D eigenvalue weighted by Crippen LogP contribution is -2.33. The van der Waals surface area contributed by atoms with Crippen LogP contribution in [0.25, 0.3) is 0 Å². The predicted octanol–water partition coefficient (Wildman–Crippen LogP) is 2.09. The van der Waals surface area contributed by atoms with Gasteiger partial charge in [0, 0.05) is 18.6 Å². The van der Waals surface area contributed by atoms with E-state index in [4.69, 9.17) is 0 Å². The molecule has 5 heteroatoms. The molecule has 1 unspecified atom stereocenters. The van der Waals surface area contributed by atoms with Gasteiger partial charge in [-0.3, -0.25) is 4.99 Å².